The highest BCUT2D eigenvalue weighted by Gasteiger charge is 1.98. The first-order valence-electron chi connectivity index (χ1n) is 4.03. The summed E-state index contributed by atoms with van der Waals surface area (Å²) in [7, 11) is 0. The number of hydrogen-bond acceptors (Lipinski definition) is 2. The van der Waals surface area contributed by atoms with E-state index in [1.54, 1.807) is 0 Å². The van der Waals surface area contributed by atoms with Gasteiger partial charge in [0.2, 0.25) is 0 Å². The Morgan fingerprint density at radius 1 is 1.62 bits per heavy atom. The molecule has 0 aliphatic rings. The van der Waals surface area contributed by atoms with Crippen LogP contribution in [-0.4, -0.2) is 6.54 Å². The Morgan fingerprint density at radius 2 is 2.31 bits per heavy atom. The third kappa shape index (κ3) is 2.99. The summed E-state index contributed by atoms with van der Waals surface area (Å²) >= 11 is 5.62. The van der Waals surface area contributed by atoms with E-state index in [1.807, 2.05) is 25.1 Å². The molecule has 1 aromatic carbocycles. The highest BCUT2D eigenvalue weighted by Crippen LogP contribution is 2.19. The number of aryl methyl sites for hydroxylation is 1. The number of nitrogens with two attached hydrogens (primary N) is 1. The van der Waals surface area contributed by atoms with Gasteiger partial charge in [0.05, 0.1) is 17.9 Å². The molecule has 13 heavy (non-hydrogen) atoms. The quantitative estimate of drug-likeness (QED) is 0.730. The molecule has 0 saturated heterocycles. The molecular weight excluding hydrogens is 184 g/mol. The fraction of sp³-hybridized carbons (Fsp3) is 0.200. The van der Waals surface area contributed by atoms with E-state index in [0.29, 0.717) is 11.6 Å². The van der Waals surface area contributed by atoms with Crippen LogP contribution in [0.2, 0.25) is 0 Å². The van der Waals surface area contributed by atoms with Gasteiger partial charge in [-0.15, -0.1) is 0 Å². The van der Waals surface area contributed by atoms with E-state index in [4.69, 9.17) is 17.3 Å². The van der Waals surface area contributed by atoms with Gasteiger partial charge in [0.25, 0.3) is 0 Å². The number of benzene rings is 1. The molecule has 0 fully saturated rings. The molecule has 0 aliphatic heterocycles. The molecule has 0 amide bonds. The smallest absolute Gasteiger partial charge is 0.0579 e. The van der Waals surface area contributed by atoms with Crippen molar-refractivity contribution in [2.45, 2.75) is 6.92 Å². The van der Waals surface area contributed by atoms with Crippen molar-refractivity contribution in [2.75, 3.05) is 17.6 Å². The van der Waals surface area contributed by atoms with Crippen LogP contribution in [-0.2, 0) is 0 Å². The van der Waals surface area contributed by atoms with Crippen molar-refractivity contribution in [3.63, 3.8) is 0 Å². The fourth-order valence-corrected chi connectivity index (χ4v) is 1.08. The third-order valence-electron chi connectivity index (χ3n) is 1.68. The number of halogens is 1. The van der Waals surface area contributed by atoms with Crippen molar-refractivity contribution in [2.24, 2.45) is 0 Å². The number of rotatable bonds is 3. The topological polar surface area (TPSA) is 38.0 Å². The summed E-state index contributed by atoms with van der Waals surface area (Å²) in [6, 6.07) is 5.82. The van der Waals surface area contributed by atoms with Gasteiger partial charge in [0.15, 0.2) is 0 Å². The van der Waals surface area contributed by atoms with Gasteiger partial charge < -0.3 is 11.1 Å². The second kappa shape index (κ2) is 4.19. The van der Waals surface area contributed by atoms with Gasteiger partial charge in [-0.05, 0) is 24.6 Å². The third-order valence-corrected chi connectivity index (χ3v) is 1.81. The number of nitrogen functional groups attached to an aromatic ring is 1. The molecule has 2 nitrogen and oxygen atoms in total. The van der Waals surface area contributed by atoms with Crippen LogP contribution in [0.25, 0.3) is 0 Å². The minimum absolute atomic E-state index is 0.537. The minimum atomic E-state index is 0.537. The predicted molar refractivity (Wildman–Crippen MR) is 59.1 cm³/mol. The van der Waals surface area contributed by atoms with E-state index in [2.05, 4.69) is 11.9 Å². The first-order chi connectivity index (χ1) is 6.09. The number of anilines is 2. The van der Waals surface area contributed by atoms with Crippen LogP contribution in [0.4, 0.5) is 11.4 Å². The van der Waals surface area contributed by atoms with Crippen LogP contribution in [0, 0.1) is 6.92 Å². The zero-order valence-corrected chi connectivity index (χ0v) is 8.36. The highest BCUT2D eigenvalue weighted by molar-refractivity contribution is 6.29. The standard InChI is InChI=1S/C10H13ClN2/c1-7-3-4-9(12)10(5-7)13-6-8(2)11/h3-5,13H,2,6,12H2,1H3. The molecule has 0 saturated carbocycles. The Kier molecular flexibility index (Phi) is 3.20. The van der Waals surface area contributed by atoms with E-state index in [0.717, 1.165) is 16.9 Å². The molecule has 1 rings (SSSR count). The Bertz CT molecular complexity index is 321. The van der Waals surface area contributed by atoms with Crippen molar-refractivity contribution in [1.29, 1.82) is 0 Å². The second-order valence-electron chi connectivity index (χ2n) is 2.96. The minimum Gasteiger partial charge on any atom is -0.397 e. The molecule has 70 valence electrons. The van der Waals surface area contributed by atoms with E-state index >= 15 is 0 Å². The maximum absolute atomic E-state index is 5.74. The van der Waals surface area contributed by atoms with Crippen LogP contribution in [0.5, 0.6) is 0 Å². The maximum Gasteiger partial charge on any atom is 0.0579 e. The molecule has 1 aromatic rings. The molecule has 0 unspecified atom stereocenters. The Labute approximate surface area is 83.4 Å². The summed E-state index contributed by atoms with van der Waals surface area (Å²) in [5.74, 6) is 0. The van der Waals surface area contributed by atoms with Gasteiger partial charge >= 0.3 is 0 Å². The lowest BCUT2D eigenvalue weighted by atomic mass is 10.2. The summed E-state index contributed by atoms with van der Waals surface area (Å²) in [4.78, 5) is 0. The predicted octanol–water partition coefficient (Wildman–Crippen LogP) is 2.74. The molecule has 0 aromatic heterocycles. The molecule has 0 aliphatic carbocycles. The van der Waals surface area contributed by atoms with E-state index in [-0.39, 0.29) is 0 Å². The van der Waals surface area contributed by atoms with Crippen LogP contribution >= 0.6 is 11.6 Å². The summed E-state index contributed by atoms with van der Waals surface area (Å²) in [5.41, 5.74) is 8.53. The van der Waals surface area contributed by atoms with Gasteiger partial charge in [0, 0.05) is 5.03 Å². The second-order valence-corrected chi connectivity index (χ2v) is 3.50. The lowest BCUT2D eigenvalue weighted by Gasteiger charge is -2.08. The summed E-state index contributed by atoms with van der Waals surface area (Å²) in [5, 5.41) is 3.67. The van der Waals surface area contributed by atoms with Crippen LogP contribution in [0.15, 0.2) is 29.8 Å². The molecule has 0 atom stereocenters. The van der Waals surface area contributed by atoms with Gasteiger partial charge in [-0.2, -0.15) is 0 Å². The number of nitrogens with one attached hydrogen (secondary N) is 1. The Hall–Kier alpha value is -1.15. The van der Waals surface area contributed by atoms with Gasteiger partial charge in [0.1, 0.15) is 0 Å². The highest BCUT2D eigenvalue weighted by atomic mass is 35.5. The largest absolute Gasteiger partial charge is 0.397 e. The Balaban J connectivity index is 2.75. The van der Waals surface area contributed by atoms with Crippen molar-refractivity contribution < 1.29 is 0 Å². The number of hydrogen-bond donors (Lipinski definition) is 2. The normalized spacial score (nSPS) is 9.69. The average Bonchev–Trinajstić information content (AvgIpc) is 2.06. The zero-order chi connectivity index (χ0) is 9.84. The molecule has 0 spiro atoms. The van der Waals surface area contributed by atoms with Crippen molar-refractivity contribution in [3.8, 4) is 0 Å². The molecular formula is C10H13ClN2. The zero-order valence-electron chi connectivity index (χ0n) is 7.60. The van der Waals surface area contributed by atoms with Crippen molar-refractivity contribution in [3.05, 3.63) is 35.4 Å². The molecule has 0 bridgehead atoms. The molecule has 0 heterocycles. The molecule has 3 N–H and O–H groups in total. The first kappa shape index (κ1) is 9.93. The van der Waals surface area contributed by atoms with Crippen molar-refractivity contribution in [1.82, 2.24) is 0 Å². The van der Waals surface area contributed by atoms with Crippen LogP contribution < -0.4 is 11.1 Å². The lowest BCUT2D eigenvalue weighted by molar-refractivity contribution is 1.31. The summed E-state index contributed by atoms with van der Waals surface area (Å²) in [6.07, 6.45) is 0. The maximum atomic E-state index is 5.74. The van der Waals surface area contributed by atoms with Crippen LogP contribution in [0.1, 0.15) is 5.56 Å². The molecule has 0 radical (unpaired) electrons. The Morgan fingerprint density at radius 3 is 2.92 bits per heavy atom. The summed E-state index contributed by atoms with van der Waals surface area (Å²) in [6.45, 7) is 6.14. The first-order valence-corrected chi connectivity index (χ1v) is 4.40. The van der Waals surface area contributed by atoms with Gasteiger partial charge in [-0.3, -0.25) is 0 Å². The van der Waals surface area contributed by atoms with Gasteiger partial charge in [-0.25, -0.2) is 0 Å². The lowest BCUT2D eigenvalue weighted by Crippen LogP contribution is -2.03. The van der Waals surface area contributed by atoms with Gasteiger partial charge in [-0.1, -0.05) is 24.2 Å². The van der Waals surface area contributed by atoms with E-state index in [1.165, 1.54) is 0 Å². The van der Waals surface area contributed by atoms with Crippen LogP contribution in [0.3, 0.4) is 0 Å². The van der Waals surface area contributed by atoms with E-state index < -0.39 is 0 Å². The van der Waals surface area contributed by atoms with Crippen molar-refractivity contribution >= 4 is 23.0 Å². The monoisotopic (exact) mass is 196 g/mol. The average molecular weight is 197 g/mol. The summed E-state index contributed by atoms with van der Waals surface area (Å²) < 4.78 is 0. The van der Waals surface area contributed by atoms with E-state index in [9.17, 15) is 0 Å². The SMILES string of the molecule is C=C(Cl)CNc1cc(C)ccc1N. The fourth-order valence-electron chi connectivity index (χ4n) is 1.01. The molecule has 3 heteroatoms.